The van der Waals surface area contributed by atoms with Gasteiger partial charge in [-0.15, -0.1) is 11.3 Å². The molecule has 0 aliphatic carbocycles. The van der Waals surface area contributed by atoms with E-state index in [0.29, 0.717) is 0 Å². The van der Waals surface area contributed by atoms with Gasteiger partial charge >= 0.3 is 0 Å². The van der Waals surface area contributed by atoms with E-state index in [1.807, 2.05) is 17.5 Å². The predicted octanol–water partition coefficient (Wildman–Crippen LogP) is 2.54. The van der Waals surface area contributed by atoms with E-state index >= 15 is 0 Å². The molecule has 2 rings (SSSR count). The molecule has 1 heterocycles. The van der Waals surface area contributed by atoms with Gasteiger partial charge in [0.25, 0.3) is 5.91 Å². The number of nitrogens with one attached hydrogen (secondary N) is 1. The first kappa shape index (κ1) is 12.5. The summed E-state index contributed by atoms with van der Waals surface area (Å²) in [5.41, 5.74) is 4.49. The number of hydrogen-bond acceptors (Lipinski definition) is 3. The number of carbonyl (C=O) groups is 1. The van der Waals surface area contributed by atoms with Crippen LogP contribution in [-0.2, 0) is 6.54 Å². The number of benzene rings is 1. The molecule has 1 aromatic heterocycles. The fraction of sp³-hybridized carbons (Fsp3) is 0.0833. The molecule has 0 unspecified atom stereocenters. The first-order valence-corrected chi connectivity index (χ1v) is 6.01. The van der Waals surface area contributed by atoms with Gasteiger partial charge in [-0.2, -0.15) is 0 Å². The highest BCUT2D eigenvalue weighted by Crippen LogP contribution is 2.17. The van der Waals surface area contributed by atoms with Crippen molar-refractivity contribution in [3.05, 3.63) is 51.7 Å². The number of halogens is 2. The minimum Gasteiger partial charge on any atom is -0.396 e. The van der Waals surface area contributed by atoms with Crippen LogP contribution < -0.4 is 11.1 Å². The van der Waals surface area contributed by atoms with E-state index in [2.05, 4.69) is 5.32 Å². The summed E-state index contributed by atoms with van der Waals surface area (Å²) < 4.78 is 26.6. The lowest BCUT2D eigenvalue weighted by molar-refractivity contribution is 0.0947. The molecule has 0 fully saturated rings. The minimum absolute atomic E-state index is 0.270. The molecule has 0 aliphatic heterocycles. The van der Waals surface area contributed by atoms with Crippen molar-refractivity contribution in [1.82, 2.24) is 5.32 Å². The van der Waals surface area contributed by atoms with Gasteiger partial charge in [-0.25, -0.2) is 8.78 Å². The maximum absolute atomic E-state index is 13.5. The van der Waals surface area contributed by atoms with E-state index in [9.17, 15) is 13.6 Å². The zero-order valence-corrected chi connectivity index (χ0v) is 10.1. The van der Waals surface area contributed by atoms with Crippen LogP contribution in [-0.4, -0.2) is 5.91 Å². The van der Waals surface area contributed by atoms with E-state index < -0.39 is 17.5 Å². The predicted molar refractivity (Wildman–Crippen MR) is 66.3 cm³/mol. The monoisotopic (exact) mass is 268 g/mol. The van der Waals surface area contributed by atoms with E-state index in [1.54, 1.807) is 0 Å². The van der Waals surface area contributed by atoms with Crippen LogP contribution in [0.3, 0.4) is 0 Å². The van der Waals surface area contributed by atoms with Crippen LogP contribution in [0.2, 0.25) is 0 Å². The highest BCUT2D eigenvalue weighted by Gasteiger charge is 2.15. The van der Waals surface area contributed by atoms with Crippen molar-refractivity contribution >= 4 is 22.9 Å². The number of amides is 1. The van der Waals surface area contributed by atoms with Crippen molar-refractivity contribution in [1.29, 1.82) is 0 Å². The molecule has 2 aromatic rings. The summed E-state index contributed by atoms with van der Waals surface area (Å²) in [6, 6.07) is 5.34. The number of anilines is 1. The molecule has 6 heteroatoms. The smallest absolute Gasteiger partial charge is 0.254 e. The van der Waals surface area contributed by atoms with E-state index in [1.165, 1.54) is 11.3 Å². The largest absolute Gasteiger partial charge is 0.396 e. The molecular weight excluding hydrogens is 258 g/mol. The minimum atomic E-state index is -0.903. The lowest BCUT2D eigenvalue weighted by Gasteiger charge is -2.06. The molecule has 3 N–H and O–H groups in total. The Bertz CT molecular complexity index is 570. The van der Waals surface area contributed by atoms with Crippen LogP contribution in [0.25, 0.3) is 0 Å². The van der Waals surface area contributed by atoms with Gasteiger partial charge in [0.2, 0.25) is 0 Å². The van der Waals surface area contributed by atoms with E-state index in [0.717, 1.165) is 17.0 Å². The molecule has 0 bridgehead atoms. The third-order valence-electron chi connectivity index (χ3n) is 2.31. The SMILES string of the molecule is Nc1cc(F)cc(C(=O)NCc2cccs2)c1F. The van der Waals surface area contributed by atoms with Gasteiger partial charge in [-0.3, -0.25) is 4.79 Å². The average molecular weight is 268 g/mol. The summed E-state index contributed by atoms with van der Waals surface area (Å²) in [5, 5.41) is 4.37. The van der Waals surface area contributed by atoms with Gasteiger partial charge in [0, 0.05) is 4.88 Å². The van der Waals surface area contributed by atoms with Gasteiger partial charge in [-0.1, -0.05) is 6.07 Å². The lowest BCUT2D eigenvalue weighted by Crippen LogP contribution is -2.24. The van der Waals surface area contributed by atoms with Crippen LogP contribution >= 0.6 is 11.3 Å². The summed E-state index contributed by atoms with van der Waals surface area (Å²) in [6.07, 6.45) is 0. The second kappa shape index (κ2) is 5.14. The Morgan fingerprint density at radius 2 is 2.17 bits per heavy atom. The van der Waals surface area contributed by atoms with Crippen LogP contribution in [0.4, 0.5) is 14.5 Å². The van der Waals surface area contributed by atoms with Gasteiger partial charge in [0.1, 0.15) is 5.82 Å². The molecule has 1 aromatic carbocycles. The van der Waals surface area contributed by atoms with Gasteiger partial charge in [0.05, 0.1) is 17.8 Å². The molecule has 0 atom stereocenters. The third kappa shape index (κ3) is 2.65. The van der Waals surface area contributed by atoms with Crippen LogP contribution in [0.15, 0.2) is 29.6 Å². The van der Waals surface area contributed by atoms with Crippen molar-refractivity contribution in [3.63, 3.8) is 0 Å². The van der Waals surface area contributed by atoms with Crippen molar-refractivity contribution in [2.75, 3.05) is 5.73 Å². The molecule has 94 valence electrons. The first-order chi connectivity index (χ1) is 8.58. The fourth-order valence-electron chi connectivity index (χ4n) is 1.45. The summed E-state index contributed by atoms with van der Waals surface area (Å²) in [4.78, 5) is 12.6. The van der Waals surface area contributed by atoms with Crippen LogP contribution in [0, 0.1) is 11.6 Å². The Morgan fingerprint density at radius 1 is 1.39 bits per heavy atom. The Labute approximate surface area is 106 Å². The number of nitrogen functional groups attached to an aromatic ring is 1. The Hall–Kier alpha value is -1.95. The molecule has 0 saturated carbocycles. The lowest BCUT2D eigenvalue weighted by atomic mass is 10.1. The van der Waals surface area contributed by atoms with Crippen LogP contribution in [0.1, 0.15) is 15.2 Å². The van der Waals surface area contributed by atoms with E-state index in [4.69, 9.17) is 5.73 Å². The third-order valence-corrected chi connectivity index (χ3v) is 3.19. The number of rotatable bonds is 3. The van der Waals surface area contributed by atoms with Gasteiger partial charge in [-0.05, 0) is 23.6 Å². The molecule has 3 nitrogen and oxygen atoms in total. The molecule has 1 amide bonds. The zero-order chi connectivity index (χ0) is 13.1. The van der Waals surface area contributed by atoms with Crippen molar-refractivity contribution < 1.29 is 13.6 Å². The molecule has 0 spiro atoms. The van der Waals surface area contributed by atoms with Gasteiger partial charge in [0.15, 0.2) is 5.82 Å². The Kier molecular flexibility index (Phi) is 3.57. The van der Waals surface area contributed by atoms with Crippen molar-refractivity contribution in [3.8, 4) is 0 Å². The summed E-state index contributed by atoms with van der Waals surface area (Å²) in [7, 11) is 0. The highest BCUT2D eigenvalue weighted by molar-refractivity contribution is 7.09. The standard InChI is InChI=1S/C12H10F2N2OS/c13-7-4-9(11(14)10(15)5-7)12(17)16-6-8-2-1-3-18-8/h1-5H,6,15H2,(H,16,17). The zero-order valence-electron chi connectivity index (χ0n) is 9.24. The first-order valence-electron chi connectivity index (χ1n) is 5.13. The summed E-state index contributed by atoms with van der Waals surface area (Å²) >= 11 is 1.46. The van der Waals surface area contributed by atoms with Crippen LogP contribution in [0.5, 0.6) is 0 Å². The molecular formula is C12H10F2N2OS. The molecule has 18 heavy (non-hydrogen) atoms. The number of thiophene rings is 1. The maximum Gasteiger partial charge on any atom is 0.254 e. The number of carbonyl (C=O) groups excluding carboxylic acids is 1. The average Bonchev–Trinajstić information content (AvgIpc) is 2.83. The van der Waals surface area contributed by atoms with Crippen molar-refractivity contribution in [2.45, 2.75) is 6.54 Å². The van der Waals surface area contributed by atoms with Gasteiger partial charge < -0.3 is 11.1 Å². The normalized spacial score (nSPS) is 10.3. The summed E-state index contributed by atoms with van der Waals surface area (Å²) in [6.45, 7) is 0.270. The molecule has 0 saturated heterocycles. The number of nitrogens with two attached hydrogens (primary N) is 1. The maximum atomic E-state index is 13.5. The Balaban J connectivity index is 2.14. The fourth-order valence-corrected chi connectivity index (χ4v) is 2.10. The molecule has 0 radical (unpaired) electrons. The Morgan fingerprint density at radius 3 is 2.83 bits per heavy atom. The quantitative estimate of drug-likeness (QED) is 0.840. The second-order valence-corrected chi connectivity index (χ2v) is 4.65. The highest BCUT2D eigenvalue weighted by atomic mass is 32.1. The topological polar surface area (TPSA) is 55.1 Å². The van der Waals surface area contributed by atoms with Crippen molar-refractivity contribution in [2.24, 2.45) is 0 Å². The summed E-state index contributed by atoms with van der Waals surface area (Å²) in [5.74, 6) is -2.33. The number of hydrogen-bond donors (Lipinski definition) is 2. The second-order valence-electron chi connectivity index (χ2n) is 3.62. The van der Waals surface area contributed by atoms with E-state index in [-0.39, 0.29) is 17.8 Å². The molecule has 0 aliphatic rings.